The number of aliphatic hydroxyl groups excluding tert-OH is 1. The topological polar surface area (TPSA) is 20.2 Å². The van der Waals surface area contributed by atoms with E-state index in [2.05, 4.69) is 54.2 Å². The van der Waals surface area contributed by atoms with Crippen molar-refractivity contribution in [1.29, 1.82) is 0 Å². The summed E-state index contributed by atoms with van der Waals surface area (Å²) in [5.41, 5.74) is 4.10. The number of hydrogen-bond acceptors (Lipinski definition) is 1. The molecular formula is C29H48O. The molecule has 30 heavy (non-hydrogen) atoms. The van der Waals surface area contributed by atoms with Gasteiger partial charge in [0.25, 0.3) is 0 Å². The van der Waals surface area contributed by atoms with Crippen LogP contribution in [0.2, 0.25) is 0 Å². The monoisotopic (exact) mass is 412 g/mol. The molecule has 1 heteroatoms. The SMILES string of the molecule is C=C(CCC(C)C1CCC2C3CCC4C(C)C(O)CCC4(C)C3=CCC12C)C(C)C. The lowest BCUT2D eigenvalue weighted by molar-refractivity contribution is -0.0539. The molecule has 1 N–H and O–H groups in total. The standard InChI is InChI=1S/C29H48O/c1-18(2)19(3)8-9-20(4)23-12-13-25-22-10-11-24-21(5)27(30)15-17-29(24,7)26(22)14-16-28(23,25)6/h14,18,20-25,27,30H,3,8-13,15-17H2,1-2,4-7H3. The minimum absolute atomic E-state index is 0.0774. The van der Waals surface area contributed by atoms with Gasteiger partial charge >= 0.3 is 0 Å². The summed E-state index contributed by atoms with van der Waals surface area (Å²) in [4.78, 5) is 0. The van der Waals surface area contributed by atoms with Gasteiger partial charge in [-0.3, -0.25) is 0 Å². The molecular weight excluding hydrogens is 364 g/mol. The maximum Gasteiger partial charge on any atom is 0.0569 e. The first kappa shape index (κ1) is 22.6. The second-order valence-electron chi connectivity index (χ2n) is 12.7. The van der Waals surface area contributed by atoms with Crippen LogP contribution in [0.3, 0.4) is 0 Å². The Morgan fingerprint density at radius 1 is 1.10 bits per heavy atom. The molecule has 0 aromatic rings. The van der Waals surface area contributed by atoms with E-state index in [9.17, 15) is 5.11 Å². The second-order valence-corrected chi connectivity index (χ2v) is 12.7. The van der Waals surface area contributed by atoms with E-state index in [0.29, 0.717) is 28.6 Å². The fourth-order valence-corrected chi connectivity index (χ4v) is 8.85. The molecule has 1 nitrogen and oxygen atoms in total. The Balaban J connectivity index is 1.53. The lowest BCUT2D eigenvalue weighted by Gasteiger charge is -2.58. The Morgan fingerprint density at radius 3 is 2.50 bits per heavy atom. The first-order valence-electron chi connectivity index (χ1n) is 13.2. The Hall–Kier alpha value is -0.560. The zero-order valence-corrected chi connectivity index (χ0v) is 20.7. The number of fused-ring (bicyclic) bond motifs is 5. The molecule has 0 heterocycles. The summed E-state index contributed by atoms with van der Waals surface area (Å²) in [7, 11) is 0. The second kappa shape index (κ2) is 8.09. The lowest BCUT2D eigenvalue weighted by atomic mass is 9.47. The van der Waals surface area contributed by atoms with Crippen LogP contribution in [0, 0.1) is 52.3 Å². The van der Waals surface area contributed by atoms with Crippen molar-refractivity contribution in [1.82, 2.24) is 0 Å². The predicted molar refractivity (Wildman–Crippen MR) is 128 cm³/mol. The summed E-state index contributed by atoms with van der Waals surface area (Å²) in [6.45, 7) is 19.0. The summed E-state index contributed by atoms with van der Waals surface area (Å²) in [6.07, 6.45) is 14.3. The highest BCUT2D eigenvalue weighted by atomic mass is 16.3. The molecule has 4 rings (SSSR count). The van der Waals surface area contributed by atoms with Crippen molar-refractivity contribution in [3.05, 3.63) is 23.8 Å². The number of rotatable bonds is 5. The maximum atomic E-state index is 10.5. The average Bonchev–Trinajstić information content (AvgIpc) is 3.06. The van der Waals surface area contributed by atoms with Crippen molar-refractivity contribution < 1.29 is 5.11 Å². The first-order chi connectivity index (χ1) is 14.1. The van der Waals surface area contributed by atoms with Gasteiger partial charge in [0, 0.05) is 0 Å². The van der Waals surface area contributed by atoms with Crippen molar-refractivity contribution in [2.75, 3.05) is 0 Å². The first-order valence-corrected chi connectivity index (χ1v) is 13.2. The summed E-state index contributed by atoms with van der Waals surface area (Å²) in [5.74, 6) is 5.15. The van der Waals surface area contributed by atoms with Crippen LogP contribution >= 0.6 is 0 Å². The molecule has 0 aromatic heterocycles. The highest BCUT2D eigenvalue weighted by Crippen LogP contribution is 2.67. The summed E-state index contributed by atoms with van der Waals surface area (Å²) in [5, 5.41) is 10.5. The molecule has 9 unspecified atom stereocenters. The molecule has 170 valence electrons. The molecule has 9 atom stereocenters. The molecule has 0 aliphatic heterocycles. The molecule has 0 spiro atoms. The Bertz CT molecular complexity index is 688. The Labute approximate surface area is 186 Å². The Morgan fingerprint density at radius 2 is 1.80 bits per heavy atom. The van der Waals surface area contributed by atoms with Crippen molar-refractivity contribution in [3.8, 4) is 0 Å². The van der Waals surface area contributed by atoms with Crippen molar-refractivity contribution in [2.24, 2.45) is 52.3 Å². The Kier molecular flexibility index (Phi) is 6.10. The molecule has 0 aromatic carbocycles. The third-order valence-corrected chi connectivity index (χ3v) is 11.0. The minimum atomic E-state index is -0.0774. The molecule has 0 radical (unpaired) electrons. The fraction of sp³-hybridized carbons (Fsp3) is 0.862. The van der Waals surface area contributed by atoms with Gasteiger partial charge in [0.1, 0.15) is 0 Å². The van der Waals surface area contributed by atoms with Gasteiger partial charge in [0.05, 0.1) is 6.10 Å². The van der Waals surface area contributed by atoms with E-state index in [0.717, 1.165) is 30.1 Å². The highest BCUT2D eigenvalue weighted by Gasteiger charge is 2.58. The van der Waals surface area contributed by atoms with Gasteiger partial charge in [0.15, 0.2) is 0 Å². The number of hydrogen-bond donors (Lipinski definition) is 1. The van der Waals surface area contributed by atoms with E-state index in [1.54, 1.807) is 0 Å². The fourth-order valence-electron chi connectivity index (χ4n) is 8.85. The smallest absolute Gasteiger partial charge is 0.0569 e. The minimum Gasteiger partial charge on any atom is -0.393 e. The van der Waals surface area contributed by atoms with E-state index >= 15 is 0 Å². The number of aliphatic hydroxyl groups is 1. The van der Waals surface area contributed by atoms with Crippen LogP contribution in [0.15, 0.2) is 23.8 Å². The van der Waals surface area contributed by atoms with Crippen LogP contribution in [-0.2, 0) is 0 Å². The summed E-state index contributed by atoms with van der Waals surface area (Å²) in [6, 6.07) is 0. The van der Waals surface area contributed by atoms with Gasteiger partial charge < -0.3 is 5.11 Å². The van der Waals surface area contributed by atoms with Crippen molar-refractivity contribution in [3.63, 3.8) is 0 Å². The van der Waals surface area contributed by atoms with Crippen molar-refractivity contribution >= 4 is 0 Å². The van der Waals surface area contributed by atoms with E-state index in [-0.39, 0.29) is 6.10 Å². The van der Waals surface area contributed by atoms with E-state index in [1.807, 2.05) is 5.57 Å². The van der Waals surface area contributed by atoms with Gasteiger partial charge in [-0.1, -0.05) is 65.3 Å². The molecule has 4 aliphatic carbocycles. The number of allylic oxidation sites excluding steroid dienone is 3. The summed E-state index contributed by atoms with van der Waals surface area (Å²) >= 11 is 0. The van der Waals surface area contributed by atoms with Gasteiger partial charge in [-0.2, -0.15) is 0 Å². The van der Waals surface area contributed by atoms with Crippen LogP contribution < -0.4 is 0 Å². The molecule has 0 amide bonds. The molecule has 3 fully saturated rings. The largest absolute Gasteiger partial charge is 0.393 e. The predicted octanol–water partition coefficient (Wildman–Crippen LogP) is 7.80. The molecule has 0 bridgehead atoms. The third-order valence-electron chi connectivity index (χ3n) is 11.0. The normalized spacial score (nSPS) is 46.6. The van der Waals surface area contributed by atoms with Gasteiger partial charge in [0.2, 0.25) is 0 Å². The molecule has 3 saturated carbocycles. The quantitative estimate of drug-likeness (QED) is 0.457. The van der Waals surface area contributed by atoms with Crippen LogP contribution in [0.4, 0.5) is 0 Å². The van der Waals surface area contributed by atoms with E-state index < -0.39 is 0 Å². The van der Waals surface area contributed by atoms with Crippen LogP contribution in [0.1, 0.15) is 99.3 Å². The zero-order chi connectivity index (χ0) is 21.8. The van der Waals surface area contributed by atoms with Gasteiger partial charge in [-0.25, -0.2) is 0 Å². The molecule has 4 aliphatic rings. The van der Waals surface area contributed by atoms with Crippen LogP contribution in [0.5, 0.6) is 0 Å². The molecule has 0 saturated heterocycles. The summed E-state index contributed by atoms with van der Waals surface area (Å²) < 4.78 is 0. The van der Waals surface area contributed by atoms with Crippen LogP contribution in [0.25, 0.3) is 0 Å². The van der Waals surface area contributed by atoms with Gasteiger partial charge in [-0.15, -0.1) is 0 Å². The zero-order valence-electron chi connectivity index (χ0n) is 20.7. The average molecular weight is 413 g/mol. The van der Waals surface area contributed by atoms with Crippen molar-refractivity contribution in [2.45, 2.75) is 105 Å². The maximum absolute atomic E-state index is 10.5. The third kappa shape index (κ3) is 3.46. The highest BCUT2D eigenvalue weighted by molar-refractivity contribution is 5.29. The lowest BCUT2D eigenvalue weighted by Crippen LogP contribution is -2.51. The van der Waals surface area contributed by atoms with E-state index in [1.165, 1.54) is 56.9 Å². The van der Waals surface area contributed by atoms with E-state index in [4.69, 9.17) is 0 Å². The van der Waals surface area contributed by atoms with Gasteiger partial charge in [-0.05, 0) is 110 Å². The van der Waals surface area contributed by atoms with Crippen LogP contribution in [-0.4, -0.2) is 11.2 Å².